The minimum atomic E-state index is -0.430. The van der Waals surface area contributed by atoms with Gasteiger partial charge in [-0.2, -0.15) is 14.9 Å². The van der Waals surface area contributed by atoms with Gasteiger partial charge in [0.25, 0.3) is 5.56 Å². The molecule has 20 heavy (non-hydrogen) atoms. The smallest absolute Gasteiger partial charge is 0.293 e. The van der Waals surface area contributed by atoms with E-state index in [1.165, 1.54) is 6.20 Å². The number of hydrogen-bond acceptors (Lipinski definition) is 3. The Morgan fingerprint density at radius 3 is 2.65 bits per heavy atom. The fourth-order valence-electron chi connectivity index (χ4n) is 2.26. The third-order valence-corrected chi connectivity index (χ3v) is 3.49. The molecule has 0 atom stereocenters. The minimum absolute atomic E-state index is 0.0822. The van der Waals surface area contributed by atoms with Crippen molar-refractivity contribution in [2.75, 3.05) is 0 Å². The second-order valence-electron chi connectivity index (χ2n) is 4.30. The minimum Gasteiger partial charge on any atom is -0.326 e. The zero-order valence-electron chi connectivity index (χ0n) is 10.5. The molecule has 0 saturated heterocycles. The lowest BCUT2D eigenvalue weighted by Gasteiger charge is -2.12. The van der Waals surface area contributed by atoms with E-state index in [0.717, 1.165) is 10.1 Å². The van der Waals surface area contributed by atoms with Crippen molar-refractivity contribution >= 4 is 17.2 Å². The van der Waals surface area contributed by atoms with E-state index in [2.05, 4.69) is 5.10 Å². The quantitative estimate of drug-likeness (QED) is 0.688. The molecule has 6 heteroatoms. The van der Waals surface area contributed by atoms with Crippen LogP contribution in [0.2, 0.25) is 5.02 Å². The van der Waals surface area contributed by atoms with Gasteiger partial charge >= 0.3 is 0 Å². The molecule has 0 N–H and O–H groups in total. The van der Waals surface area contributed by atoms with Crippen molar-refractivity contribution < 1.29 is 0 Å². The first kappa shape index (κ1) is 12.5. The summed E-state index contributed by atoms with van der Waals surface area (Å²) in [5.41, 5.74) is 1.71. The highest BCUT2D eigenvalue weighted by molar-refractivity contribution is 6.33. The molecule has 98 valence electrons. The van der Waals surface area contributed by atoms with Gasteiger partial charge in [-0.25, -0.2) is 0 Å². The molecule has 0 amide bonds. The van der Waals surface area contributed by atoms with Gasteiger partial charge in [-0.3, -0.25) is 4.79 Å². The van der Waals surface area contributed by atoms with Crippen molar-refractivity contribution in [2.24, 2.45) is 7.05 Å². The summed E-state index contributed by atoms with van der Waals surface area (Å²) < 4.78 is 2.86. The van der Waals surface area contributed by atoms with Crippen LogP contribution in [0.1, 0.15) is 5.56 Å². The van der Waals surface area contributed by atoms with E-state index >= 15 is 0 Å². The second-order valence-corrected chi connectivity index (χ2v) is 4.68. The van der Waals surface area contributed by atoms with Crippen LogP contribution in [0, 0.1) is 11.3 Å². The summed E-state index contributed by atoms with van der Waals surface area (Å²) in [5, 5.41) is 13.1. The lowest BCUT2D eigenvalue weighted by Crippen LogP contribution is -2.20. The predicted molar refractivity (Wildman–Crippen MR) is 75.6 cm³/mol. The number of aromatic nitrogens is 3. The Bertz CT molecular complexity index is 903. The summed E-state index contributed by atoms with van der Waals surface area (Å²) in [6, 6.07) is 11.4. The van der Waals surface area contributed by atoms with Crippen molar-refractivity contribution in [1.82, 2.24) is 14.2 Å². The fourth-order valence-corrected chi connectivity index (χ4v) is 2.57. The van der Waals surface area contributed by atoms with Gasteiger partial charge in [0.2, 0.25) is 0 Å². The molecule has 3 aromatic rings. The van der Waals surface area contributed by atoms with Crippen molar-refractivity contribution in [3.8, 4) is 17.3 Å². The number of benzene rings is 1. The number of halogens is 1. The highest BCUT2D eigenvalue weighted by Crippen LogP contribution is 2.26. The molecule has 2 aromatic heterocycles. The van der Waals surface area contributed by atoms with Crippen molar-refractivity contribution in [3.63, 3.8) is 0 Å². The Hall–Kier alpha value is -2.58. The Balaban J connectivity index is 2.51. The topological polar surface area (TPSA) is 63.1 Å². The average Bonchev–Trinajstić information content (AvgIpc) is 2.90. The molecule has 0 aliphatic rings. The maximum absolute atomic E-state index is 12.2. The maximum atomic E-state index is 12.2. The number of nitrogens with zero attached hydrogens (tertiary/aromatic N) is 4. The Kier molecular flexibility index (Phi) is 2.81. The largest absolute Gasteiger partial charge is 0.326 e. The van der Waals surface area contributed by atoms with Crippen LogP contribution in [-0.4, -0.2) is 14.2 Å². The number of nitriles is 1. The predicted octanol–water partition coefficient (Wildman–Crippen LogP) is 2.23. The van der Waals surface area contributed by atoms with Crippen molar-refractivity contribution in [1.29, 1.82) is 5.26 Å². The van der Waals surface area contributed by atoms with Crippen LogP contribution < -0.4 is 5.56 Å². The zero-order valence-corrected chi connectivity index (χ0v) is 11.3. The summed E-state index contributed by atoms with van der Waals surface area (Å²) in [6.07, 6.45) is 1.36. The molecule has 0 aliphatic carbocycles. The maximum Gasteiger partial charge on any atom is 0.293 e. The molecule has 5 nitrogen and oxygen atoms in total. The molecule has 0 saturated carbocycles. The molecule has 0 aliphatic heterocycles. The van der Waals surface area contributed by atoms with Crippen LogP contribution >= 0.6 is 11.6 Å². The SMILES string of the molecule is Cn1c(-c2ccccc2)c(Cl)c(=O)n2ncc(C#N)c12. The third-order valence-electron chi connectivity index (χ3n) is 3.15. The third kappa shape index (κ3) is 1.63. The highest BCUT2D eigenvalue weighted by atomic mass is 35.5. The van der Waals surface area contributed by atoms with Crippen LogP contribution in [0.3, 0.4) is 0 Å². The first-order valence-electron chi connectivity index (χ1n) is 5.87. The monoisotopic (exact) mass is 284 g/mol. The van der Waals surface area contributed by atoms with E-state index in [4.69, 9.17) is 16.9 Å². The van der Waals surface area contributed by atoms with Gasteiger partial charge in [-0.15, -0.1) is 0 Å². The second kappa shape index (κ2) is 4.51. The summed E-state index contributed by atoms with van der Waals surface area (Å²) in [4.78, 5) is 12.2. The summed E-state index contributed by atoms with van der Waals surface area (Å²) in [7, 11) is 1.76. The molecular formula is C14H9ClN4O. The Morgan fingerprint density at radius 2 is 2.00 bits per heavy atom. The van der Waals surface area contributed by atoms with E-state index in [1.807, 2.05) is 36.4 Å². The van der Waals surface area contributed by atoms with Crippen LogP contribution in [0.15, 0.2) is 41.3 Å². The van der Waals surface area contributed by atoms with Crippen molar-refractivity contribution in [2.45, 2.75) is 0 Å². The van der Waals surface area contributed by atoms with E-state index < -0.39 is 5.56 Å². The first-order valence-corrected chi connectivity index (χ1v) is 6.24. The normalized spacial score (nSPS) is 10.7. The summed E-state index contributed by atoms with van der Waals surface area (Å²) in [6.45, 7) is 0. The van der Waals surface area contributed by atoms with Crippen molar-refractivity contribution in [3.05, 3.63) is 57.5 Å². The van der Waals surface area contributed by atoms with Gasteiger partial charge < -0.3 is 4.57 Å². The van der Waals surface area contributed by atoms with Gasteiger partial charge in [-0.1, -0.05) is 41.9 Å². The fraction of sp³-hybridized carbons (Fsp3) is 0.0714. The van der Waals surface area contributed by atoms with Crippen LogP contribution in [0.5, 0.6) is 0 Å². The average molecular weight is 285 g/mol. The van der Waals surface area contributed by atoms with Gasteiger partial charge in [0.05, 0.1) is 11.9 Å². The van der Waals surface area contributed by atoms with Gasteiger partial charge in [0, 0.05) is 7.05 Å². The van der Waals surface area contributed by atoms with E-state index in [-0.39, 0.29) is 5.02 Å². The molecule has 0 bridgehead atoms. The number of aryl methyl sites for hydroxylation is 1. The molecule has 1 aromatic carbocycles. The summed E-state index contributed by atoms with van der Waals surface area (Å²) in [5.74, 6) is 0. The highest BCUT2D eigenvalue weighted by Gasteiger charge is 2.18. The lowest BCUT2D eigenvalue weighted by molar-refractivity contribution is 0.830. The van der Waals surface area contributed by atoms with E-state index in [1.54, 1.807) is 11.6 Å². The molecular weight excluding hydrogens is 276 g/mol. The number of hydrogen-bond donors (Lipinski definition) is 0. The zero-order chi connectivity index (χ0) is 14.3. The van der Waals surface area contributed by atoms with E-state index in [9.17, 15) is 4.79 Å². The Labute approximate surface area is 119 Å². The first-order chi connectivity index (χ1) is 9.65. The molecule has 0 spiro atoms. The molecule has 0 fully saturated rings. The van der Waals surface area contributed by atoms with Gasteiger partial charge in [-0.05, 0) is 5.56 Å². The van der Waals surface area contributed by atoms with Gasteiger partial charge in [0.15, 0.2) is 5.65 Å². The molecule has 3 rings (SSSR count). The van der Waals surface area contributed by atoms with Gasteiger partial charge in [0.1, 0.15) is 16.7 Å². The van der Waals surface area contributed by atoms with E-state index in [0.29, 0.717) is 16.9 Å². The lowest BCUT2D eigenvalue weighted by atomic mass is 10.1. The standard InChI is InChI=1S/C14H9ClN4O/c1-18-12(9-5-3-2-4-6-9)11(15)14(20)19-13(18)10(7-16)8-17-19/h2-6,8H,1H3. The number of rotatable bonds is 1. The molecule has 0 radical (unpaired) electrons. The number of fused-ring (bicyclic) bond motifs is 1. The van der Waals surface area contributed by atoms with Crippen LogP contribution in [0.4, 0.5) is 0 Å². The van der Waals surface area contributed by atoms with Crippen LogP contribution in [0.25, 0.3) is 16.9 Å². The van der Waals surface area contributed by atoms with Crippen LogP contribution in [-0.2, 0) is 7.05 Å². The molecule has 2 heterocycles. The molecule has 0 unspecified atom stereocenters. The Morgan fingerprint density at radius 1 is 1.30 bits per heavy atom. The summed E-state index contributed by atoms with van der Waals surface area (Å²) >= 11 is 6.19.